The molecule has 0 saturated heterocycles. The second kappa shape index (κ2) is 5.67. The minimum absolute atomic E-state index is 0.214. The van der Waals surface area contributed by atoms with Crippen LogP contribution in [-0.2, 0) is 4.74 Å². The van der Waals surface area contributed by atoms with Crippen molar-refractivity contribution in [3.8, 4) is 0 Å². The van der Waals surface area contributed by atoms with Gasteiger partial charge in [-0.1, -0.05) is 23.7 Å². The molecule has 19 heavy (non-hydrogen) atoms. The molecular weight excluding hydrogens is 271 g/mol. The van der Waals surface area contributed by atoms with Crippen LogP contribution >= 0.6 is 11.6 Å². The third kappa shape index (κ3) is 3.20. The third-order valence-corrected chi connectivity index (χ3v) is 2.57. The summed E-state index contributed by atoms with van der Waals surface area (Å²) in [5.74, 6) is -0.862. The van der Waals surface area contributed by atoms with Crippen molar-refractivity contribution in [1.29, 1.82) is 0 Å². The van der Waals surface area contributed by atoms with E-state index in [0.29, 0.717) is 10.6 Å². The molecule has 0 radical (unpaired) electrons. The van der Waals surface area contributed by atoms with Gasteiger partial charge in [-0.05, 0) is 23.8 Å². The molecule has 0 spiro atoms. The fourth-order valence-corrected chi connectivity index (χ4v) is 1.65. The molecule has 98 valence electrons. The Balaban J connectivity index is 2.27. The van der Waals surface area contributed by atoms with Crippen LogP contribution in [0.3, 0.4) is 0 Å². The summed E-state index contributed by atoms with van der Waals surface area (Å²) in [5.41, 5.74) is 0.910. The number of carbonyl (C=O) groups excluding carboxylic acids is 1. The lowest BCUT2D eigenvalue weighted by atomic mass is 10.2. The van der Waals surface area contributed by atoms with Gasteiger partial charge in [-0.2, -0.15) is 5.10 Å². The van der Waals surface area contributed by atoms with Gasteiger partial charge >= 0.3 is 5.97 Å². The van der Waals surface area contributed by atoms with Crippen molar-refractivity contribution in [3.63, 3.8) is 0 Å². The highest BCUT2D eigenvalue weighted by atomic mass is 35.5. The molecule has 1 aromatic heterocycles. The average molecular weight is 281 g/mol. The van der Waals surface area contributed by atoms with E-state index in [1.807, 2.05) is 0 Å². The van der Waals surface area contributed by atoms with Gasteiger partial charge in [-0.15, -0.1) is 0 Å². The first-order valence-corrected chi connectivity index (χ1v) is 5.74. The highest BCUT2D eigenvalue weighted by Gasteiger charge is 2.12. The van der Waals surface area contributed by atoms with Crippen LogP contribution < -0.4 is 0 Å². The SMILES string of the molecule is COC(=O)c1cc(Cl)cn1N=Cc1ccc(F)cc1. The summed E-state index contributed by atoms with van der Waals surface area (Å²) in [6, 6.07) is 7.25. The van der Waals surface area contributed by atoms with Gasteiger partial charge in [0.2, 0.25) is 0 Å². The van der Waals surface area contributed by atoms with Gasteiger partial charge in [-0.3, -0.25) is 0 Å². The first kappa shape index (κ1) is 13.3. The van der Waals surface area contributed by atoms with Crippen molar-refractivity contribution < 1.29 is 13.9 Å². The normalized spacial score (nSPS) is 10.9. The Morgan fingerprint density at radius 1 is 1.42 bits per heavy atom. The number of rotatable bonds is 3. The number of nitrogens with zero attached hydrogens (tertiary/aromatic N) is 2. The van der Waals surface area contributed by atoms with Crippen molar-refractivity contribution >= 4 is 23.8 Å². The Bertz CT molecular complexity index is 620. The van der Waals surface area contributed by atoms with Crippen LogP contribution in [0.5, 0.6) is 0 Å². The van der Waals surface area contributed by atoms with Crippen LogP contribution in [0.15, 0.2) is 41.6 Å². The fraction of sp³-hybridized carbons (Fsp3) is 0.0769. The number of methoxy groups -OCH3 is 1. The van der Waals surface area contributed by atoms with Crippen molar-refractivity contribution in [2.45, 2.75) is 0 Å². The lowest BCUT2D eigenvalue weighted by Crippen LogP contribution is -2.06. The Labute approximate surface area is 114 Å². The molecule has 0 amide bonds. The van der Waals surface area contributed by atoms with Crippen LogP contribution in [-0.4, -0.2) is 24.0 Å². The summed E-state index contributed by atoms with van der Waals surface area (Å²) in [7, 11) is 1.28. The van der Waals surface area contributed by atoms with Crippen molar-refractivity contribution in [2.24, 2.45) is 5.10 Å². The maximum Gasteiger partial charge on any atom is 0.356 e. The third-order valence-electron chi connectivity index (χ3n) is 2.36. The second-order valence-corrected chi connectivity index (χ2v) is 4.11. The molecule has 6 heteroatoms. The van der Waals surface area contributed by atoms with E-state index >= 15 is 0 Å². The zero-order valence-corrected chi connectivity index (χ0v) is 10.8. The summed E-state index contributed by atoms with van der Waals surface area (Å²) in [4.78, 5) is 11.5. The molecule has 0 aliphatic rings. The van der Waals surface area contributed by atoms with E-state index in [1.165, 1.54) is 42.4 Å². The highest BCUT2D eigenvalue weighted by Crippen LogP contribution is 2.15. The van der Waals surface area contributed by atoms with Crippen LogP contribution in [0.1, 0.15) is 16.1 Å². The summed E-state index contributed by atoms with van der Waals surface area (Å²) in [6.45, 7) is 0. The van der Waals surface area contributed by atoms with Gasteiger partial charge in [0.15, 0.2) is 5.69 Å². The van der Waals surface area contributed by atoms with Gasteiger partial charge in [0.05, 0.1) is 18.3 Å². The standard InChI is InChI=1S/C13H10ClFN2O2/c1-19-13(18)12-6-10(14)8-17(12)16-7-9-2-4-11(15)5-3-9/h2-8H,1H3. The number of aromatic nitrogens is 1. The molecule has 1 aromatic carbocycles. The zero-order valence-electron chi connectivity index (χ0n) is 10.0. The molecule has 0 N–H and O–H groups in total. The van der Waals surface area contributed by atoms with E-state index in [2.05, 4.69) is 9.84 Å². The van der Waals surface area contributed by atoms with Crippen molar-refractivity contribution in [3.05, 3.63) is 58.6 Å². The fourth-order valence-electron chi connectivity index (χ4n) is 1.45. The number of halogens is 2. The molecule has 2 aromatic rings. The first-order chi connectivity index (χ1) is 9.10. The lowest BCUT2D eigenvalue weighted by Gasteiger charge is -2.00. The van der Waals surface area contributed by atoms with Crippen LogP contribution in [0.25, 0.3) is 0 Å². The Morgan fingerprint density at radius 2 is 2.11 bits per heavy atom. The Hall–Kier alpha value is -2.14. The van der Waals surface area contributed by atoms with Gasteiger partial charge in [0.25, 0.3) is 0 Å². The molecule has 0 unspecified atom stereocenters. The van der Waals surface area contributed by atoms with Crippen molar-refractivity contribution in [1.82, 2.24) is 4.68 Å². The Morgan fingerprint density at radius 3 is 2.74 bits per heavy atom. The van der Waals surface area contributed by atoms with Gasteiger partial charge < -0.3 is 4.74 Å². The number of esters is 1. The first-order valence-electron chi connectivity index (χ1n) is 5.36. The van der Waals surface area contributed by atoms with Crippen LogP contribution in [0.4, 0.5) is 4.39 Å². The molecular formula is C13H10ClFN2O2. The predicted octanol–water partition coefficient (Wildman–Crippen LogP) is 2.95. The van der Waals surface area contributed by atoms with E-state index in [4.69, 9.17) is 11.6 Å². The molecule has 0 atom stereocenters. The van der Waals surface area contributed by atoms with Gasteiger partial charge in [0, 0.05) is 6.20 Å². The van der Waals surface area contributed by atoms with E-state index in [-0.39, 0.29) is 11.5 Å². The molecule has 2 rings (SSSR count). The van der Waals surface area contributed by atoms with E-state index < -0.39 is 5.97 Å². The summed E-state index contributed by atoms with van der Waals surface area (Å²) >= 11 is 5.82. The van der Waals surface area contributed by atoms with E-state index in [9.17, 15) is 9.18 Å². The van der Waals surface area contributed by atoms with Gasteiger partial charge in [-0.25, -0.2) is 13.9 Å². The zero-order chi connectivity index (χ0) is 13.8. The highest BCUT2D eigenvalue weighted by molar-refractivity contribution is 6.31. The van der Waals surface area contributed by atoms with Crippen LogP contribution in [0, 0.1) is 5.82 Å². The molecule has 0 saturated carbocycles. The van der Waals surface area contributed by atoms with Crippen molar-refractivity contribution in [2.75, 3.05) is 7.11 Å². The van der Waals surface area contributed by atoms with Crippen LogP contribution in [0.2, 0.25) is 5.02 Å². The monoisotopic (exact) mass is 280 g/mol. The largest absolute Gasteiger partial charge is 0.464 e. The Kier molecular flexibility index (Phi) is 3.97. The molecule has 1 heterocycles. The molecule has 4 nitrogen and oxygen atoms in total. The molecule has 0 bridgehead atoms. The average Bonchev–Trinajstić information content (AvgIpc) is 2.78. The minimum atomic E-state index is -0.539. The molecule has 0 aliphatic carbocycles. The summed E-state index contributed by atoms with van der Waals surface area (Å²) in [5, 5.41) is 4.45. The summed E-state index contributed by atoms with van der Waals surface area (Å²) < 4.78 is 18.7. The number of hydrogen-bond donors (Lipinski definition) is 0. The number of benzene rings is 1. The summed E-state index contributed by atoms with van der Waals surface area (Å²) in [6.07, 6.45) is 2.97. The minimum Gasteiger partial charge on any atom is -0.464 e. The maximum absolute atomic E-state index is 12.7. The number of ether oxygens (including phenoxy) is 1. The predicted molar refractivity (Wildman–Crippen MR) is 70.2 cm³/mol. The second-order valence-electron chi connectivity index (χ2n) is 3.68. The number of carbonyl (C=O) groups is 1. The molecule has 0 aliphatic heterocycles. The smallest absolute Gasteiger partial charge is 0.356 e. The molecule has 0 fully saturated rings. The maximum atomic E-state index is 12.7. The topological polar surface area (TPSA) is 43.6 Å². The van der Waals surface area contributed by atoms with E-state index in [1.54, 1.807) is 12.1 Å². The number of hydrogen-bond acceptors (Lipinski definition) is 3. The lowest BCUT2D eigenvalue weighted by molar-refractivity contribution is 0.0589. The van der Waals surface area contributed by atoms with Gasteiger partial charge in [0.1, 0.15) is 5.82 Å². The quantitative estimate of drug-likeness (QED) is 0.641. The van der Waals surface area contributed by atoms with E-state index in [0.717, 1.165) is 0 Å².